The first-order valence-corrected chi connectivity index (χ1v) is 6.69. The molecule has 102 valence electrons. The van der Waals surface area contributed by atoms with Crippen molar-refractivity contribution in [2.45, 2.75) is 39.2 Å². The van der Waals surface area contributed by atoms with Gasteiger partial charge in [0.15, 0.2) is 0 Å². The van der Waals surface area contributed by atoms with E-state index in [1.165, 1.54) is 0 Å². The molecule has 1 aromatic heterocycles. The van der Waals surface area contributed by atoms with Crippen LogP contribution in [0.25, 0.3) is 0 Å². The first-order chi connectivity index (χ1) is 8.48. The predicted molar refractivity (Wildman–Crippen MR) is 70.7 cm³/mol. The second-order valence-corrected chi connectivity index (χ2v) is 6.01. The zero-order valence-corrected chi connectivity index (χ0v) is 11.9. The first-order valence-electron chi connectivity index (χ1n) is 6.69. The van der Waals surface area contributed by atoms with E-state index >= 15 is 0 Å². The van der Waals surface area contributed by atoms with E-state index in [1.54, 1.807) is 6.33 Å². The van der Waals surface area contributed by atoms with Crippen LogP contribution in [-0.2, 0) is 10.3 Å². The van der Waals surface area contributed by atoms with Crippen LogP contribution < -0.4 is 0 Å². The number of aromatic nitrogens is 3. The molecule has 0 amide bonds. The molecule has 0 N–H and O–H groups in total. The fraction of sp³-hybridized carbons (Fsp3) is 0.846. The highest BCUT2D eigenvalue weighted by Crippen LogP contribution is 2.21. The van der Waals surface area contributed by atoms with E-state index in [1.807, 2.05) is 4.68 Å². The van der Waals surface area contributed by atoms with Crippen LogP contribution in [0.15, 0.2) is 6.33 Å². The Labute approximate surface area is 109 Å². The van der Waals surface area contributed by atoms with E-state index < -0.39 is 0 Å². The number of rotatable bonds is 3. The normalized spacial score (nSPS) is 20.0. The summed E-state index contributed by atoms with van der Waals surface area (Å²) in [6.07, 6.45) is 1.66. The molecule has 0 bridgehead atoms. The van der Waals surface area contributed by atoms with Crippen molar-refractivity contribution < 1.29 is 4.74 Å². The summed E-state index contributed by atoms with van der Waals surface area (Å²) < 4.78 is 7.41. The monoisotopic (exact) mass is 252 g/mol. The Bertz CT molecular complexity index is 377. The van der Waals surface area contributed by atoms with Gasteiger partial charge in [-0.3, -0.25) is 4.90 Å². The number of hydrogen-bond acceptors (Lipinski definition) is 4. The molecule has 1 atom stereocenters. The van der Waals surface area contributed by atoms with Crippen molar-refractivity contribution in [3.63, 3.8) is 0 Å². The first kappa shape index (κ1) is 13.5. The molecule has 0 spiro atoms. The van der Waals surface area contributed by atoms with Crippen molar-refractivity contribution in [1.29, 1.82) is 0 Å². The molecule has 5 heteroatoms. The van der Waals surface area contributed by atoms with Crippen molar-refractivity contribution >= 4 is 0 Å². The van der Waals surface area contributed by atoms with Gasteiger partial charge in [0.25, 0.3) is 0 Å². The van der Waals surface area contributed by atoms with Gasteiger partial charge in [-0.2, -0.15) is 5.10 Å². The third-order valence-corrected chi connectivity index (χ3v) is 3.29. The Kier molecular flexibility index (Phi) is 4.02. The largest absolute Gasteiger partial charge is 0.379 e. The minimum Gasteiger partial charge on any atom is -0.379 e. The molecule has 0 aromatic carbocycles. The van der Waals surface area contributed by atoms with Gasteiger partial charge in [0.1, 0.15) is 12.2 Å². The average Bonchev–Trinajstić information content (AvgIpc) is 2.79. The minimum absolute atomic E-state index is 0.00883. The van der Waals surface area contributed by atoms with Gasteiger partial charge in [-0.15, -0.1) is 0 Å². The summed E-state index contributed by atoms with van der Waals surface area (Å²) in [5.74, 6) is 1.47. The Hall–Kier alpha value is -0.940. The van der Waals surface area contributed by atoms with E-state index in [2.05, 4.69) is 42.7 Å². The smallest absolute Gasteiger partial charge is 0.138 e. The Morgan fingerprint density at radius 2 is 2.00 bits per heavy atom. The molecule has 2 heterocycles. The lowest BCUT2D eigenvalue weighted by Gasteiger charge is -2.30. The van der Waals surface area contributed by atoms with Crippen LogP contribution >= 0.6 is 0 Å². The molecule has 5 nitrogen and oxygen atoms in total. The SMILES string of the molecule is CC(CN1CCOCC1)c1ncnn1C(C)(C)C. The quantitative estimate of drug-likeness (QED) is 0.817. The molecule has 2 rings (SSSR count). The molecular formula is C13H24N4O. The van der Waals surface area contributed by atoms with Gasteiger partial charge >= 0.3 is 0 Å². The third kappa shape index (κ3) is 3.09. The molecule has 1 aliphatic rings. The van der Waals surface area contributed by atoms with E-state index in [4.69, 9.17) is 4.74 Å². The van der Waals surface area contributed by atoms with Gasteiger partial charge < -0.3 is 4.74 Å². The lowest BCUT2D eigenvalue weighted by atomic mass is 10.1. The van der Waals surface area contributed by atoms with Gasteiger partial charge in [-0.05, 0) is 20.8 Å². The molecule has 18 heavy (non-hydrogen) atoms. The van der Waals surface area contributed by atoms with Crippen LogP contribution in [0.1, 0.15) is 39.4 Å². The maximum Gasteiger partial charge on any atom is 0.138 e. The highest BCUT2D eigenvalue weighted by atomic mass is 16.5. The van der Waals surface area contributed by atoms with Crippen LogP contribution in [0.4, 0.5) is 0 Å². The summed E-state index contributed by atoms with van der Waals surface area (Å²) in [5, 5.41) is 4.36. The highest BCUT2D eigenvalue weighted by Gasteiger charge is 2.23. The number of hydrogen-bond donors (Lipinski definition) is 0. The second kappa shape index (κ2) is 5.36. The minimum atomic E-state index is -0.00883. The number of nitrogens with zero attached hydrogens (tertiary/aromatic N) is 4. The van der Waals surface area contributed by atoms with Crippen LogP contribution in [0.3, 0.4) is 0 Å². The van der Waals surface area contributed by atoms with E-state index in [9.17, 15) is 0 Å². The van der Waals surface area contributed by atoms with Gasteiger partial charge in [0, 0.05) is 25.6 Å². The zero-order chi connectivity index (χ0) is 13.2. The maximum atomic E-state index is 5.38. The van der Waals surface area contributed by atoms with E-state index in [-0.39, 0.29) is 5.54 Å². The third-order valence-electron chi connectivity index (χ3n) is 3.29. The van der Waals surface area contributed by atoms with Gasteiger partial charge in [0.2, 0.25) is 0 Å². The van der Waals surface area contributed by atoms with Gasteiger partial charge in [-0.25, -0.2) is 9.67 Å². The summed E-state index contributed by atoms with van der Waals surface area (Å²) >= 11 is 0. The lowest BCUT2D eigenvalue weighted by Crippen LogP contribution is -2.39. The fourth-order valence-electron chi connectivity index (χ4n) is 2.36. The lowest BCUT2D eigenvalue weighted by molar-refractivity contribution is 0.0350. The van der Waals surface area contributed by atoms with E-state index in [0.29, 0.717) is 5.92 Å². The standard InChI is InChI=1S/C13H24N4O/c1-11(9-16-5-7-18-8-6-16)12-14-10-15-17(12)13(2,3)4/h10-11H,5-9H2,1-4H3. The molecule has 1 aromatic rings. The summed E-state index contributed by atoms with van der Waals surface area (Å²) in [7, 11) is 0. The van der Waals surface area contributed by atoms with Gasteiger partial charge in [0.05, 0.1) is 18.8 Å². The number of morpholine rings is 1. The Morgan fingerprint density at radius 1 is 1.33 bits per heavy atom. The molecule has 1 saturated heterocycles. The highest BCUT2D eigenvalue weighted by molar-refractivity contribution is 4.98. The Morgan fingerprint density at radius 3 is 2.61 bits per heavy atom. The molecule has 0 radical (unpaired) electrons. The topological polar surface area (TPSA) is 43.2 Å². The van der Waals surface area contributed by atoms with Crippen LogP contribution in [0.2, 0.25) is 0 Å². The molecule has 1 unspecified atom stereocenters. The Balaban J connectivity index is 2.04. The summed E-state index contributed by atoms with van der Waals surface area (Å²) in [4.78, 5) is 6.88. The van der Waals surface area contributed by atoms with Crippen molar-refractivity contribution in [3.05, 3.63) is 12.2 Å². The summed E-state index contributed by atoms with van der Waals surface area (Å²) in [6, 6.07) is 0. The second-order valence-electron chi connectivity index (χ2n) is 6.01. The molecule has 0 saturated carbocycles. The number of ether oxygens (including phenoxy) is 1. The molecular weight excluding hydrogens is 228 g/mol. The van der Waals surface area contributed by atoms with E-state index in [0.717, 1.165) is 38.7 Å². The molecule has 1 aliphatic heterocycles. The maximum absolute atomic E-state index is 5.38. The predicted octanol–water partition coefficient (Wildman–Crippen LogP) is 1.47. The molecule has 1 fully saturated rings. The van der Waals surface area contributed by atoms with Crippen molar-refractivity contribution in [2.24, 2.45) is 0 Å². The van der Waals surface area contributed by atoms with Crippen molar-refractivity contribution in [2.75, 3.05) is 32.8 Å². The zero-order valence-electron chi connectivity index (χ0n) is 11.9. The van der Waals surface area contributed by atoms with Crippen LogP contribution in [0, 0.1) is 0 Å². The fourth-order valence-corrected chi connectivity index (χ4v) is 2.36. The van der Waals surface area contributed by atoms with Crippen molar-refractivity contribution in [3.8, 4) is 0 Å². The van der Waals surface area contributed by atoms with Crippen LogP contribution in [0.5, 0.6) is 0 Å². The van der Waals surface area contributed by atoms with Crippen molar-refractivity contribution in [1.82, 2.24) is 19.7 Å². The van der Waals surface area contributed by atoms with Crippen LogP contribution in [-0.4, -0.2) is 52.5 Å². The summed E-state index contributed by atoms with van der Waals surface area (Å²) in [6.45, 7) is 13.5. The average molecular weight is 252 g/mol. The summed E-state index contributed by atoms with van der Waals surface area (Å²) in [5.41, 5.74) is -0.00883. The molecule has 0 aliphatic carbocycles. The van der Waals surface area contributed by atoms with Gasteiger partial charge in [-0.1, -0.05) is 6.92 Å².